The van der Waals surface area contributed by atoms with Gasteiger partial charge in [0.05, 0.1) is 6.42 Å². The lowest BCUT2D eigenvalue weighted by Gasteiger charge is -2.34. The number of alkyl carbamates (subject to hydrolysis) is 1. The van der Waals surface area contributed by atoms with E-state index in [1.165, 1.54) is 5.56 Å². The van der Waals surface area contributed by atoms with Gasteiger partial charge in [-0.05, 0) is 53.0 Å². The van der Waals surface area contributed by atoms with Gasteiger partial charge >= 0.3 is 12.1 Å². The topological polar surface area (TPSA) is 95.9 Å². The van der Waals surface area contributed by atoms with Crippen LogP contribution in [0.1, 0.15) is 41.9 Å². The largest absolute Gasteiger partial charge is 0.481 e. The van der Waals surface area contributed by atoms with E-state index in [-0.39, 0.29) is 18.4 Å². The van der Waals surface area contributed by atoms with Crippen LogP contribution >= 0.6 is 0 Å². The van der Waals surface area contributed by atoms with Crippen molar-refractivity contribution in [2.45, 2.75) is 37.6 Å². The van der Waals surface area contributed by atoms with Gasteiger partial charge in [-0.25, -0.2) is 4.79 Å². The predicted octanol–water partition coefficient (Wildman–Crippen LogP) is 4.85. The minimum Gasteiger partial charge on any atom is -0.481 e. The molecule has 2 aliphatic rings. The third-order valence-electron chi connectivity index (χ3n) is 7.61. The lowest BCUT2D eigenvalue weighted by Crippen LogP contribution is -2.51. The van der Waals surface area contributed by atoms with Crippen LogP contribution in [0.25, 0.3) is 11.1 Å². The van der Waals surface area contributed by atoms with Gasteiger partial charge in [-0.15, -0.1) is 0 Å². The van der Waals surface area contributed by atoms with Gasteiger partial charge in [0.25, 0.3) is 0 Å². The highest BCUT2D eigenvalue weighted by Gasteiger charge is 2.33. The highest BCUT2D eigenvalue weighted by atomic mass is 16.5. The lowest BCUT2D eigenvalue weighted by atomic mass is 9.90. The molecule has 0 aromatic heterocycles. The van der Waals surface area contributed by atoms with Crippen LogP contribution in [-0.2, 0) is 20.7 Å². The van der Waals surface area contributed by atoms with Crippen molar-refractivity contribution in [3.8, 4) is 11.1 Å². The summed E-state index contributed by atoms with van der Waals surface area (Å²) in [4.78, 5) is 39.2. The minimum atomic E-state index is -1.17. The molecule has 1 saturated heterocycles. The van der Waals surface area contributed by atoms with E-state index in [1.807, 2.05) is 54.6 Å². The Balaban J connectivity index is 1.18. The minimum absolute atomic E-state index is 0.0960. The number of benzene rings is 3. The molecule has 1 aliphatic carbocycles. The molecule has 38 heavy (non-hydrogen) atoms. The number of piperidine rings is 1. The van der Waals surface area contributed by atoms with E-state index >= 15 is 0 Å². The number of nitrogens with zero attached hydrogens (tertiary/aromatic N) is 1. The van der Waals surface area contributed by atoms with E-state index in [0.717, 1.165) is 41.5 Å². The molecule has 1 aliphatic heterocycles. The van der Waals surface area contributed by atoms with E-state index in [1.54, 1.807) is 4.90 Å². The van der Waals surface area contributed by atoms with Crippen LogP contribution in [0.2, 0.25) is 0 Å². The molecule has 1 atom stereocenters. The number of aliphatic carboxylic acids is 1. The summed E-state index contributed by atoms with van der Waals surface area (Å²) in [6.07, 6.45) is 1.36. The van der Waals surface area contributed by atoms with Gasteiger partial charge in [0.2, 0.25) is 5.91 Å². The second-order valence-corrected chi connectivity index (χ2v) is 10.1. The number of carboxylic acid groups (broad SMARTS) is 1. The van der Waals surface area contributed by atoms with E-state index < -0.39 is 24.5 Å². The van der Waals surface area contributed by atoms with Gasteiger partial charge in [-0.3, -0.25) is 9.59 Å². The van der Waals surface area contributed by atoms with E-state index in [4.69, 9.17) is 4.74 Å². The standard InChI is InChI=1S/C31H32N2O5/c34-29(35)19-28(30(36)33-16-14-22(15-17-33)18-21-8-2-1-3-9-21)32-31(37)38-20-27-25-12-6-4-10-23(25)24-11-5-7-13-26(24)27/h1-13,22,27-28H,14-20H2,(H,32,37)(H,34,35)/t28-/m1/s1. The van der Waals surface area contributed by atoms with Crippen molar-refractivity contribution in [1.29, 1.82) is 0 Å². The average molecular weight is 513 g/mol. The van der Waals surface area contributed by atoms with Gasteiger partial charge in [0.15, 0.2) is 0 Å². The number of carbonyl (C=O) groups excluding carboxylic acids is 2. The van der Waals surface area contributed by atoms with Gasteiger partial charge in [-0.1, -0.05) is 78.9 Å². The first-order chi connectivity index (χ1) is 18.5. The molecule has 0 unspecified atom stereocenters. The normalized spacial score (nSPS) is 15.8. The zero-order chi connectivity index (χ0) is 26.5. The van der Waals surface area contributed by atoms with Crippen LogP contribution in [-0.4, -0.2) is 53.7 Å². The zero-order valence-corrected chi connectivity index (χ0v) is 21.2. The molecule has 1 heterocycles. The zero-order valence-electron chi connectivity index (χ0n) is 21.2. The van der Waals surface area contributed by atoms with Crippen LogP contribution in [0, 0.1) is 5.92 Å². The van der Waals surface area contributed by atoms with E-state index in [2.05, 4.69) is 29.6 Å². The molecule has 3 aromatic carbocycles. The van der Waals surface area contributed by atoms with Crippen LogP contribution in [0.5, 0.6) is 0 Å². The second-order valence-electron chi connectivity index (χ2n) is 10.1. The van der Waals surface area contributed by atoms with Crippen molar-refractivity contribution in [3.05, 3.63) is 95.6 Å². The van der Waals surface area contributed by atoms with Crippen molar-refractivity contribution in [3.63, 3.8) is 0 Å². The van der Waals surface area contributed by atoms with E-state index in [9.17, 15) is 19.5 Å². The van der Waals surface area contributed by atoms with Crippen molar-refractivity contribution in [2.75, 3.05) is 19.7 Å². The number of hydrogen-bond acceptors (Lipinski definition) is 4. The van der Waals surface area contributed by atoms with Crippen LogP contribution < -0.4 is 5.32 Å². The highest BCUT2D eigenvalue weighted by Crippen LogP contribution is 2.44. The first kappa shape index (κ1) is 25.5. The number of nitrogens with one attached hydrogen (secondary N) is 1. The van der Waals surface area contributed by atoms with Gasteiger partial charge in [0.1, 0.15) is 12.6 Å². The monoisotopic (exact) mass is 512 g/mol. The first-order valence-corrected chi connectivity index (χ1v) is 13.2. The Morgan fingerprint density at radius 2 is 1.45 bits per heavy atom. The van der Waals surface area contributed by atoms with Crippen LogP contribution in [0.15, 0.2) is 78.9 Å². The maximum absolute atomic E-state index is 13.2. The molecule has 2 amide bonds. The Labute approximate surface area is 222 Å². The Morgan fingerprint density at radius 3 is 2.05 bits per heavy atom. The Bertz CT molecular complexity index is 1250. The first-order valence-electron chi connectivity index (χ1n) is 13.2. The van der Waals surface area contributed by atoms with Gasteiger partial charge in [-0.2, -0.15) is 0 Å². The summed E-state index contributed by atoms with van der Waals surface area (Å²) in [6.45, 7) is 1.18. The SMILES string of the molecule is O=C(O)C[C@@H](NC(=O)OCC1c2ccccc2-c2ccccc21)C(=O)N1CCC(Cc2ccccc2)CC1. The second kappa shape index (κ2) is 11.5. The molecule has 0 bridgehead atoms. The maximum Gasteiger partial charge on any atom is 0.407 e. The lowest BCUT2D eigenvalue weighted by molar-refractivity contribution is -0.143. The number of hydrogen-bond donors (Lipinski definition) is 2. The smallest absolute Gasteiger partial charge is 0.407 e. The molecule has 7 nitrogen and oxygen atoms in total. The summed E-state index contributed by atoms with van der Waals surface area (Å²) in [5, 5.41) is 11.9. The van der Waals surface area contributed by atoms with Gasteiger partial charge in [0, 0.05) is 19.0 Å². The molecule has 2 N–H and O–H groups in total. The highest BCUT2D eigenvalue weighted by molar-refractivity contribution is 5.89. The molecule has 196 valence electrons. The van der Waals surface area contributed by atoms with Crippen LogP contribution in [0.3, 0.4) is 0 Å². The summed E-state index contributed by atoms with van der Waals surface area (Å²) in [7, 11) is 0. The van der Waals surface area contributed by atoms with Crippen molar-refractivity contribution in [1.82, 2.24) is 10.2 Å². The summed E-state index contributed by atoms with van der Waals surface area (Å²) in [5.41, 5.74) is 5.67. The Morgan fingerprint density at radius 1 is 0.868 bits per heavy atom. The van der Waals surface area contributed by atoms with E-state index in [0.29, 0.717) is 19.0 Å². The molecular weight excluding hydrogens is 480 g/mol. The van der Waals surface area contributed by atoms with Crippen LogP contribution in [0.4, 0.5) is 4.79 Å². The number of ether oxygens (including phenoxy) is 1. The molecule has 3 aromatic rings. The third kappa shape index (κ3) is 5.72. The molecule has 0 radical (unpaired) electrons. The summed E-state index contributed by atoms with van der Waals surface area (Å²) >= 11 is 0. The number of fused-ring (bicyclic) bond motifs is 3. The summed E-state index contributed by atoms with van der Waals surface area (Å²) in [6, 6.07) is 25.2. The average Bonchev–Trinajstić information content (AvgIpc) is 3.25. The number of carboxylic acids is 1. The van der Waals surface area contributed by atoms with Gasteiger partial charge < -0.3 is 20.1 Å². The number of rotatable bonds is 8. The molecule has 0 spiro atoms. The maximum atomic E-state index is 13.2. The van der Waals surface area contributed by atoms with Crippen molar-refractivity contribution < 1.29 is 24.2 Å². The number of amides is 2. The quantitative estimate of drug-likeness (QED) is 0.450. The molecule has 0 saturated carbocycles. The molecular formula is C31H32N2O5. The van der Waals surface area contributed by atoms with Crippen molar-refractivity contribution in [2.24, 2.45) is 5.92 Å². The molecule has 7 heteroatoms. The fourth-order valence-electron chi connectivity index (χ4n) is 5.68. The fraction of sp³-hybridized carbons (Fsp3) is 0.323. The number of likely N-dealkylation sites (tertiary alicyclic amines) is 1. The summed E-state index contributed by atoms with van der Waals surface area (Å²) in [5.74, 6) is -1.18. The Kier molecular flexibility index (Phi) is 7.73. The van der Waals surface area contributed by atoms with Crippen molar-refractivity contribution >= 4 is 18.0 Å². The third-order valence-corrected chi connectivity index (χ3v) is 7.61. The predicted molar refractivity (Wildman–Crippen MR) is 144 cm³/mol. The summed E-state index contributed by atoms with van der Waals surface area (Å²) < 4.78 is 5.56. The number of carbonyl (C=O) groups is 3. The Hall–Kier alpha value is -4.13. The molecule has 5 rings (SSSR count). The molecule has 1 fully saturated rings. The fourth-order valence-corrected chi connectivity index (χ4v) is 5.68.